The molecule has 0 saturated heterocycles. The summed E-state index contributed by atoms with van der Waals surface area (Å²) in [5, 5.41) is 44.0. The number of hydrogen-bond acceptors (Lipinski definition) is 7. The van der Waals surface area contributed by atoms with E-state index in [1.807, 2.05) is 12.1 Å². The molecule has 4 atom stereocenters. The van der Waals surface area contributed by atoms with E-state index in [1.54, 1.807) is 0 Å². The van der Waals surface area contributed by atoms with Gasteiger partial charge >= 0.3 is 0 Å². The predicted octanol–water partition coefficient (Wildman–Crippen LogP) is 2.41. The first-order chi connectivity index (χ1) is 16.1. The molecule has 5 rings (SSSR count). The van der Waals surface area contributed by atoms with Crippen LogP contribution in [0.3, 0.4) is 0 Å². The molecule has 1 aliphatic heterocycles. The lowest BCUT2D eigenvalue weighted by atomic mass is 9.58. The minimum absolute atomic E-state index is 0.0660. The van der Waals surface area contributed by atoms with Crippen molar-refractivity contribution < 1.29 is 30.0 Å². The average molecular weight is 467 g/mol. The van der Waals surface area contributed by atoms with Crippen molar-refractivity contribution in [2.45, 2.75) is 44.8 Å². The Balaban J connectivity index is 1.55. The van der Waals surface area contributed by atoms with Crippen molar-refractivity contribution in [2.24, 2.45) is 23.5 Å². The second-order valence-electron chi connectivity index (χ2n) is 10.1. The van der Waals surface area contributed by atoms with E-state index in [2.05, 4.69) is 17.1 Å². The molecule has 4 unspecified atom stereocenters. The highest BCUT2D eigenvalue weighted by Gasteiger charge is 2.55. The fourth-order valence-corrected chi connectivity index (χ4v) is 6.52. The molecule has 180 valence electrons. The second-order valence-corrected chi connectivity index (χ2v) is 10.1. The van der Waals surface area contributed by atoms with Gasteiger partial charge in [0.15, 0.2) is 5.78 Å². The fourth-order valence-electron chi connectivity index (χ4n) is 6.52. The van der Waals surface area contributed by atoms with Crippen LogP contribution >= 0.6 is 0 Å². The first kappa shape index (κ1) is 22.7. The van der Waals surface area contributed by atoms with Gasteiger partial charge in [-0.2, -0.15) is 0 Å². The van der Waals surface area contributed by atoms with E-state index in [-0.39, 0.29) is 52.2 Å². The van der Waals surface area contributed by atoms with Crippen molar-refractivity contribution in [3.05, 3.63) is 63.6 Å². The van der Waals surface area contributed by atoms with Crippen LogP contribution in [0.1, 0.15) is 47.7 Å². The molecule has 1 aromatic carbocycles. The number of Topliss-reactive ketones (excluding diaryl/α,β-unsaturated/α-hetero) is 1. The fraction of sp³-hybridized carbons (Fsp3) is 0.462. The number of carbonyl (C=O) groups excluding carboxylic acids is 2. The number of amides is 1. The minimum atomic E-state index is -1.92. The zero-order valence-electron chi connectivity index (χ0n) is 19.1. The molecule has 1 aromatic rings. The van der Waals surface area contributed by atoms with E-state index in [0.717, 1.165) is 25.1 Å². The zero-order valence-corrected chi connectivity index (χ0v) is 19.1. The smallest absolute Gasteiger partial charge is 0.250 e. The maximum absolute atomic E-state index is 13.7. The van der Waals surface area contributed by atoms with Gasteiger partial charge in [0, 0.05) is 37.2 Å². The Labute approximate surface area is 197 Å². The number of fused-ring (bicyclic) bond motifs is 3. The molecule has 0 radical (unpaired) electrons. The topological polar surface area (TPSA) is 144 Å². The highest BCUT2D eigenvalue weighted by molar-refractivity contribution is 6.13. The first-order valence-electron chi connectivity index (χ1n) is 11.7. The lowest BCUT2D eigenvalue weighted by Crippen LogP contribution is -2.52. The number of aliphatic hydroxyl groups is 3. The number of phenolic OH excluding ortho intramolecular Hbond substituents is 1. The molecule has 8 heteroatoms. The summed E-state index contributed by atoms with van der Waals surface area (Å²) in [6.07, 6.45) is 6.13. The molecule has 0 fully saturated rings. The molecule has 3 aliphatic carbocycles. The Morgan fingerprint density at radius 2 is 1.97 bits per heavy atom. The molecule has 1 heterocycles. The number of benzene rings is 1. The quantitative estimate of drug-likeness (QED) is 0.430. The summed E-state index contributed by atoms with van der Waals surface area (Å²) >= 11 is 0. The Hall–Kier alpha value is -3.10. The summed E-state index contributed by atoms with van der Waals surface area (Å²) in [5.74, 6) is -3.65. The molecular formula is C26H30N2O6. The van der Waals surface area contributed by atoms with Gasteiger partial charge in [-0.05, 0) is 43.6 Å². The van der Waals surface area contributed by atoms with E-state index < -0.39 is 23.2 Å². The number of aromatic hydroxyl groups is 1. The lowest BCUT2D eigenvalue weighted by molar-refractivity contribution is -0.119. The second kappa shape index (κ2) is 7.99. The van der Waals surface area contributed by atoms with Crippen LogP contribution in [0.25, 0.3) is 0 Å². The molecule has 6 N–H and O–H groups in total. The van der Waals surface area contributed by atoms with Gasteiger partial charge in [0.1, 0.15) is 22.9 Å². The Morgan fingerprint density at radius 3 is 2.65 bits per heavy atom. The van der Waals surface area contributed by atoms with Crippen molar-refractivity contribution in [1.29, 1.82) is 0 Å². The summed E-state index contributed by atoms with van der Waals surface area (Å²) in [4.78, 5) is 27.8. The molecule has 0 bridgehead atoms. The number of hydrogen-bond donors (Lipinski definition) is 5. The van der Waals surface area contributed by atoms with Crippen molar-refractivity contribution in [3.63, 3.8) is 0 Å². The Bertz CT molecular complexity index is 1180. The number of carbonyl (C=O) groups is 2. The highest BCUT2D eigenvalue weighted by atomic mass is 16.3. The number of primary amides is 1. The number of aliphatic hydroxyl groups excluding tert-OH is 2. The molecular weight excluding hydrogens is 436 g/mol. The van der Waals surface area contributed by atoms with Crippen molar-refractivity contribution in [3.8, 4) is 5.75 Å². The highest BCUT2D eigenvalue weighted by Crippen LogP contribution is 2.53. The molecule has 8 nitrogen and oxygen atoms in total. The van der Waals surface area contributed by atoms with Crippen molar-refractivity contribution in [2.75, 3.05) is 13.1 Å². The monoisotopic (exact) mass is 466 g/mol. The summed E-state index contributed by atoms with van der Waals surface area (Å²) in [6.45, 7) is 3.49. The molecule has 34 heavy (non-hydrogen) atoms. The van der Waals surface area contributed by atoms with Crippen LogP contribution in [0.2, 0.25) is 0 Å². The van der Waals surface area contributed by atoms with Crippen LogP contribution in [-0.2, 0) is 17.8 Å². The van der Waals surface area contributed by atoms with Gasteiger partial charge < -0.3 is 26.2 Å². The number of phenols is 1. The molecule has 1 amide bonds. The van der Waals surface area contributed by atoms with Gasteiger partial charge in [-0.15, -0.1) is 0 Å². The molecule has 0 aromatic heterocycles. The standard InChI is InChI=1S/C26H30N2O6/c1-26(34)20-16(11-17(29)21(26)25(27)33)10-15-9-13-5-6-14(12-28-7-3-2-4-8-28)22(30)18(13)23(31)19(15)24(20)32/h2-3,5-6,15-16,20,29-30,32,34H,4,7-12H2,1H3,(H2,27,33). The number of nitrogens with zero attached hydrogens (tertiary/aromatic N) is 1. The van der Waals surface area contributed by atoms with E-state index in [4.69, 9.17) is 5.73 Å². The Kier molecular flexibility index (Phi) is 5.33. The maximum Gasteiger partial charge on any atom is 0.250 e. The lowest BCUT2D eigenvalue weighted by Gasteiger charge is -2.48. The molecule has 0 saturated carbocycles. The Morgan fingerprint density at radius 1 is 1.21 bits per heavy atom. The number of nitrogens with two attached hydrogens (primary N) is 1. The average Bonchev–Trinajstić information content (AvgIpc) is 2.75. The summed E-state index contributed by atoms with van der Waals surface area (Å²) in [7, 11) is 0. The zero-order chi connectivity index (χ0) is 24.4. The molecule has 4 aliphatic rings. The van der Waals surface area contributed by atoms with Crippen LogP contribution in [0, 0.1) is 17.8 Å². The summed E-state index contributed by atoms with van der Waals surface area (Å²) in [5.41, 5.74) is 4.92. The normalized spacial score (nSPS) is 31.2. The van der Waals surface area contributed by atoms with E-state index in [9.17, 15) is 30.0 Å². The molecule has 0 spiro atoms. The van der Waals surface area contributed by atoms with Crippen LogP contribution in [0.4, 0.5) is 0 Å². The van der Waals surface area contributed by atoms with E-state index in [0.29, 0.717) is 24.9 Å². The summed E-state index contributed by atoms with van der Waals surface area (Å²) in [6, 6.07) is 3.74. The van der Waals surface area contributed by atoms with Crippen LogP contribution < -0.4 is 5.73 Å². The van der Waals surface area contributed by atoms with Gasteiger partial charge in [-0.25, -0.2) is 0 Å². The third-order valence-electron chi connectivity index (χ3n) is 7.96. The third kappa shape index (κ3) is 3.35. The number of allylic oxidation sites excluding steroid dienone is 2. The summed E-state index contributed by atoms with van der Waals surface area (Å²) < 4.78 is 0. The van der Waals surface area contributed by atoms with Gasteiger partial charge in [0.25, 0.3) is 5.91 Å². The largest absolute Gasteiger partial charge is 0.512 e. The van der Waals surface area contributed by atoms with Gasteiger partial charge in [0.2, 0.25) is 0 Å². The SMILES string of the molecule is CC1(O)C(C(N)=O)=C(O)CC2CC3Cc4ccc(CN5CC=CCC5)c(O)c4C(=O)C3=C(O)C21. The van der Waals surface area contributed by atoms with Crippen LogP contribution in [-0.4, -0.2) is 55.7 Å². The van der Waals surface area contributed by atoms with Crippen LogP contribution in [0.5, 0.6) is 5.75 Å². The minimum Gasteiger partial charge on any atom is -0.512 e. The van der Waals surface area contributed by atoms with Crippen molar-refractivity contribution >= 4 is 11.7 Å². The van der Waals surface area contributed by atoms with Gasteiger partial charge in [-0.3, -0.25) is 14.5 Å². The number of rotatable bonds is 3. The maximum atomic E-state index is 13.7. The van der Waals surface area contributed by atoms with E-state index >= 15 is 0 Å². The van der Waals surface area contributed by atoms with Crippen LogP contribution in [0.15, 0.2) is 46.9 Å². The van der Waals surface area contributed by atoms with E-state index in [1.165, 1.54) is 6.92 Å². The predicted molar refractivity (Wildman–Crippen MR) is 124 cm³/mol. The van der Waals surface area contributed by atoms with Crippen molar-refractivity contribution in [1.82, 2.24) is 4.90 Å². The van der Waals surface area contributed by atoms with Gasteiger partial charge in [-0.1, -0.05) is 24.3 Å². The van der Waals surface area contributed by atoms with Gasteiger partial charge in [0.05, 0.1) is 17.1 Å². The number of ketones is 1. The first-order valence-corrected chi connectivity index (χ1v) is 11.7. The third-order valence-corrected chi connectivity index (χ3v) is 7.96.